The summed E-state index contributed by atoms with van der Waals surface area (Å²) in [6.07, 6.45) is 2.04. The number of hydrogen-bond donors (Lipinski definition) is 1. The fourth-order valence-electron chi connectivity index (χ4n) is 4.26. The van der Waals surface area contributed by atoms with Crippen LogP contribution in [0.25, 0.3) is 11.1 Å². The zero-order valence-corrected chi connectivity index (χ0v) is 17.1. The van der Waals surface area contributed by atoms with Crippen molar-refractivity contribution >= 4 is 15.9 Å². The molecule has 0 aromatic heterocycles. The Labute approximate surface area is 172 Å². The molecule has 1 aliphatic carbocycles. The standard InChI is InChI=1S/C21H21F3N2O3S/c1-30(28,29)25-12-8-9-26(11-12)21(27)15-10-14(15)13-4-2-5-16(22)19(13)20-17(23)6-3-7-18(20)24/h2-7,12,14-15,25H,8-11H2,1H3/t12-,14?,15?/m0/s1. The number of halogens is 3. The lowest BCUT2D eigenvalue weighted by molar-refractivity contribution is -0.131. The van der Waals surface area contributed by atoms with Crippen molar-refractivity contribution in [3.05, 3.63) is 59.4 Å². The van der Waals surface area contributed by atoms with Crippen molar-refractivity contribution in [1.29, 1.82) is 0 Å². The Morgan fingerprint density at radius 2 is 1.63 bits per heavy atom. The second kappa shape index (κ2) is 7.70. The summed E-state index contributed by atoms with van der Waals surface area (Å²) < 4.78 is 68.6. The van der Waals surface area contributed by atoms with Crippen LogP contribution in [-0.4, -0.2) is 44.6 Å². The van der Waals surface area contributed by atoms with Gasteiger partial charge >= 0.3 is 0 Å². The molecule has 160 valence electrons. The first kappa shape index (κ1) is 20.9. The van der Waals surface area contributed by atoms with Crippen LogP contribution in [0.5, 0.6) is 0 Å². The number of likely N-dealkylation sites (tertiary alicyclic amines) is 1. The predicted octanol–water partition coefficient (Wildman–Crippen LogP) is 3.02. The molecule has 1 amide bonds. The summed E-state index contributed by atoms with van der Waals surface area (Å²) in [6.45, 7) is 0.695. The van der Waals surface area contributed by atoms with Gasteiger partial charge in [-0.3, -0.25) is 4.79 Å². The van der Waals surface area contributed by atoms with Crippen molar-refractivity contribution in [2.45, 2.75) is 24.8 Å². The largest absolute Gasteiger partial charge is 0.341 e. The van der Waals surface area contributed by atoms with E-state index in [0.29, 0.717) is 24.9 Å². The number of carbonyl (C=O) groups is 1. The van der Waals surface area contributed by atoms with Crippen molar-refractivity contribution < 1.29 is 26.4 Å². The molecule has 5 nitrogen and oxygen atoms in total. The van der Waals surface area contributed by atoms with E-state index >= 15 is 0 Å². The van der Waals surface area contributed by atoms with E-state index in [2.05, 4.69) is 4.72 Å². The second-order valence-corrected chi connectivity index (χ2v) is 9.69. The van der Waals surface area contributed by atoms with Crippen LogP contribution < -0.4 is 4.72 Å². The summed E-state index contributed by atoms with van der Waals surface area (Å²) in [5.41, 5.74) is -0.170. The molecule has 2 aliphatic rings. The van der Waals surface area contributed by atoms with Crippen LogP contribution in [0.3, 0.4) is 0 Å². The van der Waals surface area contributed by atoms with E-state index in [0.717, 1.165) is 24.5 Å². The fourth-order valence-corrected chi connectivity index (χ4v) is 5.05. The minimum atomic E-state index is -3.36. The summed E-state index contributed by atoms with van der Waals surface area (Å²) in [5.74, 6) is -3.38. The van der Waals surface area contributed by atoms with Gasteiger partial charge in [0.25, 0.3) is 0 Å². The lowest BCUT2D eigenvalue weighted by atomic mass is 9.94. The number of sulfonamides is 1. The molecule has 1 N–H and O–H groups in total. The van der Waals surface area contributed by atoms with Crippen molar-refractivity contribution in [3.8, 4) is 11.1 Å². The van der Waals surface area contributed by atoms with Gasteiger partial charge in [0, 0.05) is 30.6 Å². The number of nitrogens with one attached hydrogen (secondary N) is 1. The quantitative estimate of drug-likeness (QED) is 0.781. The van der Waals surface area contributed by atoms with E-state index in [9.17, 15) is 26.4 Å². The monoisotopic (exact) mass is 438 g/mol. The summed E-state index contributed by atoms with van der Waals surface area (Å²) in [6, 6.07) is 7.23. The Morgan fingerprint density at radius 3 is 2.27 bits per heavy atom. The number of amides is 1. The summed E-state index contributed by atoms with van der Waals surface area (Å²) in [4.78, 5) is 14.5. The number of nitrogens with zero attached hydrogens (tertiary/aromatic N) is 1. The minimum absolute atomic E-state index is 0.147. The van der Waals surface area contributed by atoms with E-state index in [1.807, 2.05) is 0 Å². The average Bonchev–Trinajstić information content (AvgIpc) is 3.32. The molecule has 2 fully saturated rings. The SMILES string of the molecule is CS(=O)(=O)N[C@H]1CCN(C(=O)C2CC2c2cccc(F)c2-c2c(F)cccc2F)C1. The molecule has 2 aromatic rings. The molecule has 30 heavy (non-hydrogen) atoms. The number of rotatable bonds is 5. The Morgan fingerprint density at radius 1 is 1.03 bits per heavy atom. The first-order valence-corrected chi connectivity index (χ1v) is 11.5. The van der Waals surface area contributed by atoms with E-state index in [1.54, 1.807) is 11.0 Å². The Balaban J connectivity index is 1.55. The molecule has 2 unspecified atom stereocenters. The zero-order valence-electron chi connectivity index (χ0n) is 16.2. The molecule has 0 spiro atoms. The topological polar surface area (TPSA) is 66.5 Å². The maximum Gasteiger partial charge on any atom is 0.226 e. The van der Waals surface area contributed by atoms with Gasteiger partial charge in [0.1, 0.15) is 17.5 Å². The third-order valence-corrected chi connectivity index (χ3v) is 6.41. The highest BCUT2D eigenvalue weighted by Gasteiger charge is 2.48. The number of benzene rings is 2. The van der Waals surface area contributed by atoms with Gasteiger partial charge in [-0.1, -0.05) is 18.2 Å². The molecule has 0 radical (unpaired) electrons. The van der Waals surface area contributed by atoms with Gasteiger partial charge in [0.05, 0.1) is 11.8 Å². The van der Waals surface area contributed by atoms with Crippen LogP contribution >= 0.6 is 0 Å². The van der Waals surface area contributed by atoms with Gasteiger partial charge in [-0.15, -0.1) is 0 Å². The van der Waals surface area contributed by atoms with E-state index < -0.39 is 39.0 Å². The summed E-state index contributed by atoms with van der Waals surface area (Å²) in [5, 5.41) is 0. The van der Waals surface area contributed by atoms with Gasteiger partial charge < -0.3 is 4.90 Å². The predicted molar refractivity (Wildman–Crippen MR) is 106 cm³/mol. The molecular weight excluding hydrogens is 417 g/mol. The molecule has 1 heterocycles. The van der Waals surface area contributed by atoms with E-state index in [4.69, 9.17) is 0 Å². The van der Waals surface area contributed by atoms with Crippen LogP contribution in [0.4, 0.5) is 13.2 Å². The highest BCUT2D eigenvalue weighted by molar-refractivity contribution is 7.88. The molecular formula is C21H21F3N2O3S. The van der Waals surface area contributed by atoms with Crippen molar-refractivity contribution in [2.75, 3.05) is 19.3 Å². The van der Waals surface area contributed by atoms with Crippen LogP contribution in [0.15, 0.2) is 36.4 Å². The third-order valence-electron chi connectivity index (χ3n) is 5.65. The second-order valence-electron chi connectivity index (χ2n) is 7.91. The molecule has 1 saturated heterocycles. The Bertz CT molecular complexity index is 1090. The minimum Gasteiger partial charge on any atom is -0.341 e. The lowest BCUT2D eigenvalue weighted by Crippen LogP contribution is -2.38. The highest BCUT2D eigenvalue weighted by Crippen LogP contribution is 2.52. The van der Waals surface area contributed by atoms with Crippen LogP contribution in [0, 0.1) is 23.4 Å². The first-order valence-electron chi connectivity index (χ1n) is 9.64. The van der Waals surface area contributed by atoms with Crippen molar-refractivity contribution in [2.24, 2.45) is 5.92 Å². The molecule has 1 aliphatic heterocycles. The first-order chi connectivity index (χ1) is 14.2. The maximum atomic E-state index is 14.6. The third kappa shape index (κ3) is 4.09. The summed E-state index contributed by atoms with van der Waals surface area (Å²) in [7, 11) is -3.36. The highest BCUT2D eigenvalue weighted by atomic mass is 32.2. The van der Waals surface area contributed by atoms with Gasteiger partial charge in [0.15, 0.2) is 0 Å². The van der Waals surface area contributed by atoms with Crippen molar-refractivity contribution in [1.82, 2.24) is 9.62 Å². The van der Waals surface area contributed by atoms with Crippen LogP contribution in [0.1, 0.15) is 24.3 Å². The zero-order chi connectivity index (χ0) is 21.6. The fraction of sp³-hybridized carbons (Fsp3) is 0.381. The smallest absolute Gasteiger partial charge is 0.226 e. The van der Waals surface area contributed by atoms with Gasteiger partial charge in [-0.2, -0.15) is 0 Å². The summed E-state index contributed by atoms with van der Waals surface area (Å²) >= 11 is 0. The Kier molecular flexibility index (Phi) is 5.36. The molecule has 2 aromatic carbocycles. The number of hydrogen-bond acceptors (Lipinski definition) is 3. The molecule has 9 heteroatoms. The molecule has 1 saturated carbocycles. The van der Waals surface area contributed by atoms with Gasteiger partial charge in [0.2, 0.25) is 15.9 Å². The van der Waals surface area contributed by atoms with E-state index in [-0.39, 0.29) is 30.0 Å². The lowest BCUT2D eigenvalue weighted by Gasteiger charge is -2.17. The van der Waals surface area contributed by atoms with E-state index in [1.165, 1.54) is 12.1 Å². The van der Waals surface area contributed by atoms with Gasteiger partial charge in [-0.05, 0) is 42.5 Å². The normalized spacial score (nSPS) is 23.6. The number of carbonyl (C=O) groups excluding carboxylic acids is 1. The van der Waals surface area contributed by atoms with Gasteiger partial charge in [-0.25, -0.2) is 26.3 Å². The maximum absolute atomic E-state index is 14.6. The average molecular weight is 438 g/mol. The molecule has 3 atom stereocenters. The molecule has 0 bridgehead atoms. The van der Waals surface area contributed by atoms with Crippen molar-refractivity contribution in [3.63, 3.8) is 0 Å². The van der Waals surface area contributed by atoms with Crippen LogP contribution in [-0.2, 0) is 14.8 Å². The molecule has 4 rings (SSSR count). The Hall–Kier alpha value is -2.39. The van der Waals surface area contributed by atoms with Crippen LogP contribution in [0.2, 0.25) is 0 Å².